The fraction of sp³-hybridized carbons (Fsp3) is 0.381. The SMILES string of the molecule is CN(C(=O)c1ccc(CN)cc1)C1CCN(Cc2ccccc2)CC1.Cl.Cl. The Balaban J connectivity index is 0.00000182. The van der Waals surface area contributed by atoms with Crippen LogP contribution in [0, 0.1) is 0 Å². The predicted molar refractivity (Wildman–Crippen MR) is 116 cm³/mol. The summed E-state index contributed by atoms with van der Waals surface area (Å²) >= 11 is 0. The van der Waals surface area contributed by atoms with Crippen LogP contribution < -0.4 is 5.73 Å². The maximum atomic E-state index is 12.7. The minimum absolute atomic E-state index is 0. The average Bonchev–Trinajstić information content (AvgIpc) is 2.68. The number of amides is 1. The van der Waals surface area contributed by atoms with E-state index >= 15 is 0 Å². The van der Waals surface area contributed by atoms with Crippen molar-refractivity contribution in [1.29, 1.82) is 0 Å². The molecule has 27 heavy (non-hydrogen) atoms. The summed E-state index contributed by atoms with van der Waals surface area (Å²) in [6.07, 6.45) is 2.05. The second-order valence-corrected chi connectivity index (χ2v) is 6.81. The first-order valence-corrected chi connectivity index (χ1v) is 9.00. The normalized spacial score (nSPS) is 14.7. The second kappa shape index (κ2) is 11.3. The number of likely N-dealkylation sites (tertiary alicyclic amines) is 1. The Morgan fingerprint density at radius 2 is 1.59 bits per heavy atom. The van der Waals surface area contributed by atoms with Crippen molar-refractivity contribution in [2.24, 2.45) is 5.73 Å². The molecule has 1 amide bonds. The first-order valence-electron chi connectivity index (χ1n) is 9.00. The van der Waals surface area contributed by atoms with E-state index in [2.05, 4.69) is 35.2 Å². The van der Waals surface area contributed by atoms with E-state index in [0.29, 0.717) is 12.6 Å². The van der Waals surface area contributed by atoms with E-state index in [9.17, 15) is 4.79 Å². The van der Waals surface area contributed by atoms with Crippen molar-refractivity contribution in [3.05, 3.63) is 71.3 Å². The van der Waals surface area contributed by atoms with Crippen LogP contribution in [0.2, 0.25) is 0 Å². The number of nitrogens with zero attached hydrogens (tertiary/aromatic N) is 2. The lowest BCUT2D eigenvalue weighted by Crippen LogP contribution is -2.45. The quantitative estimate of drug-likeness (QED) is 0.818. The maximum Gasteiger partial charge on any atom is 0.253 e. The van der Waals surface area contributed by atoms with Gasteiger partial charge < -0.3 is 10.6 Å². The number of carbonyl (C=O) groups is 1. The van der Waals surface area contributed by atoms with E-state index in [1.807, 2.05) is 36.2 Å². The van der Waals surface area contributed by atoms with Gasteiger partial charge >= 0.3 is 0 Å². The number of benzene rings is 2. The first-order chi connectivity index (χ1) is 12.2. The van der Waals surface area contributed by atoms with E-state index in [4.69, 9.17) is 5.73 Å². The molecule has 1 saturated heterocycles. The van der Waals surface area contributed by atoms with Gasteiger partial charge in [-0.1, -0.05) is 42.5 Å². The van der Waals surface area contributed by atoms with Crippen molar-refractivity contribution in [1.82, 2.24) is 9.80 Å². The van der Waals surface area contributed by atoms with Gasteiger partial charge in [0.05, 0.1) is 0 Å². The van der Waals surface area contributed by atoms with Crippen LogP contribution in [0.4, 0.5) is 0 Å². The Bertz CT molecular complexity index is 686. The molecule has 148 valence electrons. The van der Waals surface area contributed by atoms with Gasteiger partial charge in [-0.25, -0.2) is 0 Å². The van der Waals surface area contributed by atoms with Crippen LogP contribution in [0.3, 0.4) is 0 Å². The number of rotatable bonds is 5. The second-order valence-electron chi connectivity index (χ2n) is 6.81. The zero-order valence-electron chi connectivity index (χ0n) is 15.7. The third kappa shape index (κ3) is 6.22. The Hall–Kier alpha value is -1.59. The number of nitrogens with two attached hydrogens (primary N) is 1. The zero-order chi connectivity index (χ0) is 17.6. The van der Waals surface area contributed by atoms with Gasteiger partial charge in [-0.3, -0.25) is 9.69 Å². The molecule has 1 heterocycles. The van der Waals surface area contributed by atoms with Crippen molar-refractivity contribution in [3.63, 3.8) is 0 Å². The fourth-order valence-corrected chi connectivity index (χ4v) is 3.46. The van der Waals surface area contributed by atoms with Gasteiger partial charge in [-0.05, 0) is 36.1 Å². The highest BCUT2D eigenvalue weighted by Crippen LogP contribution is 2.19. The van der Waals surface area contributed by atoms with Crippen molar-refractivity contribution in [2.45, 2.75) is 32.0 Å². The minimum Gasteiger partial charge on any atom is -0.339 e. The number of halogens is 2. The molecule has 1 aliphatic heterocycles. The van der Waals surface area contributed by atoms with Gasteiger partial charge in [-0.2, -0.15) is 0 Å². The molecule has 2 aromatic rings. The summed E-state index contributed by atoms with van der Waals surface area (Å²) in [6.45, 7) is 3.56. The molecule has 0 aromatic heterocycles. The van der Waals surface area contributed by atoms with E-state index in [-0.39, 0.29) is 30.7 Å². The summed E-state index contributed by atoms with van der Waals surface area (Å²) in [6, 6.07) is 18.5. The Labute approximate surface area is 174 Å². The fourth-order valence-electron chi connectivity index (χ4n) is 3.46. The highest BCUT2D eigenvalue weighted by Gasteiger charge is 2.25. The first kappa shape index (κ1) is 23.4. The van der Waals surface area contributed by atoms with E-state index < -0.39 is 0 Å². The molecule has 1 aliphatic rings. The molecule has 3 rings (SSSR count). The van der Waals surface area contributed by atoms with E-state index in [1.165, 1.54) is 5.56 Å². The Morgan fingerprint density at radius 1 is 1.00 bits per heavy atom. The monoisotopic (exact) mass is 409 g/mol. The van der Waals surface area contributed by atoms with Crippen LogP contribution in [-0.2, 0) is 13.1 Å². The summed E-state index contributed by atoms with van der Waals surface area (Å²) in [5.74, 6) is 0.102. The molecule has 1 fully saturated rings. The Morgan fingerprint density at radius 3 is 2.15 bits per heavy atom. The maximum absolute atomic E-state index is 12.7. The van der Waals surface area contributed by atoms with Gasteiger partial charge in [0.1, 0.15) is 0 Å². The Kier molecular flexibility index (Phi) is 9.81. The third-order valence-electron chi connectivity index (χ3n) is 5.11. The molecule has 6 heteroatoms. The lowest BCUT2D eigenvalue weighted by Gasteiger charge is -2.36. The predicted octanol–water partition coefficient (Wildman–Crippen LogP) is 3.73. The van der Waals surface area contributed by atoms with Crippen molar-refractivity contribution in [2.75, 3.05) is 20.1 Å². The van der Waals surface area contributed by atoms with Crippen LogP contribution in [0.15, 0.2) is 54.6 Å². The zero-order valence-corrected chi connectivity index (χ0v) is 17.3. The number of carbonyl (C=O) groups excluding carboxylic acids is 1. The number of hydrogen-bond donors (Lipinski definition) is 1. The van der Waals surface area contributed by atoms with Crippen LogP contribution in [0.1, 0.15) is 34.3 Å². The molecular weight excluding hydrogens is 381 g/mol. The smallest absolute Gasteiger partial charge is 0.253 e. The molecule has 0 aliphatic carbocycles. The summed E-state index contributed by atoms with van der Waals surface area (Å²) in [4.78, 5) is 17.1. The molecule has 0 spiro atoms. The van der Waals surface area contributed by atoms with E-state index in [1.54, 1.807) is 0 Å². The molecule has 0 unspecified atom stereocenters. The standard InChI is InChI=1S/C21H27N3O.2ClH/c1-23(21(25)19-9-7-17(15-22)8-10-19)20-11-13-24(14-12-20)16-18-5-3-2-4-6-18;;/h2-10,20H,11-16,22H2,1H3;2*1H. The molecule has 0 radical (unpaired) electrons. The van der Waals surface area contributed by atoms with Crippen molar-refractivity contribution < 1.29 is 4.79 Å². The summed E-state index contributed by atoms with van der Waals surface area (Å²) in [5, 5.41) is 0. The lowest BCUT2D eigenvalue weighted by molar-refractivity contribution is 0.0636. The van der Waals surface area contributed by atoms with Crippen LogP contribution in [0.5, 0.6) is 0 Å². The van der Waals surface area contributed by atoms with Gasteiger partial charge in [0.25, 0.3) is 5.91 Å². The van der Waals surface area contributed by atoms with Gasteiger partial charge in [0, 0.05) is 44.8 Å². The average molecular weight is 410 g/mol. The molecular formula is C21H29Cl2N3O. The summed E-state index contributed by atoms with van der Waals surface area (Å²) < 4.78 is 0. The molecule has 4 nitrogen and oxygen atoms in total. The largest absolute Gasteiger partial charge is 0.339 e. The van der Waals surface area contributed by atoms with Crippen molar-refractivity contribution in [3.8, 4) is 0 Å². The lowest BCUT2D eigenvalue weighted by atomic mass is 10.0. The number of hydrogen-bond acceptors (Lipinski definition) is 3. The van der Waals surface area contributed by atoms with Crippen LogP contribution in [0.25, 0.3) is 0 Å². The molecule has 0 atom stereocenters. The van der Waals surface area contributed by atoms with Gasteiger partial charge in [0.15, 0.2) is 0 Å². The van der Waals surface area contributed by atoms with Gasteiger partial charge in [0.2, 0.25) is 0 Å². The minimum atomic E-state index is 0. The molecule has 2 aromatic carbocycles. The van der Waals surface area contributed by atoms with Gasteiger partial charge in [-0.15, -0.1) is 24.8 Å². The number of piperidine rings is 1. The van der Waals surface area contributed by atoms with Crippen molar-refractivity contribution >= 4 is 30.7 Å². The van der Waals surface area contributed by atoms with Crippen LogP contribution >= 0.6 is 24.8 Å². The molecule has 0 bridgehead atoms. The molecule has 2 N–H and O–H groups in total. The van der Waals surface area contributed by atoms with Crippen LogP contribution in [-0.4, -0.2) is 41.9 Å². The topological polar surface area (TPSA) is 49.6 Å². The molecule has 0 saturated carbocycles. The summed E-state index contributed by atoms with van der Waals surface area (Å²) in [7, 11) is 1.93. The highest BCUT2D eigenvalue weighted by atomic mass is 35.5. The summed E-state index contributed by atoms with van der Waals surface area (Å²) in [5.41, 5.74) is 8.76. The van der Waals surface area contributed by atoms with E-state index in [0.717, 1.165) is 43.6 Å². The third-order valence-corrected chi connectivity index (χ3v) is 5.11. The highest BCUT2D eigenvalue weighted by molar-refractivity contribution is 5.94.